The molecule has 1 aliphatic heterocycles. The van der Waals surface area contributed by atoms with Gasteiger partial charge in [-0.15, -0.1) is 0 Å². The first-order valence-corrected chi connectivity index (χ1v) is 12.3. The van der Waals surface area contributed by atoms with Gasteiger partial charge in [0.25, 0.3) is 0 Å². The van der Waals surface area contributed by atoms with Crippen molar-refractivity contribution in [2.24, 2.45) is 0 Å². The van der Waals surface area contributed by atoms with Gasteiger partial charge in [0.05, 0.1) is 11.6 Å². The zero-order chi connectivity index (χ0) is 18.5. The van der Waals surface area contributed by atoms with Gasteiger partial charge in [-0.3, -0.25) is 0 Å². The molecule has 6 heteroatoms. The Morgan fingerprint density at radius 3 is 2.44 bits per heavy atom. The Morgan fingerprint density at radius 2 is 1.88 bits per heavy atom. The number of aliphatic hydroxyl groups excluding tert-OH is 1. The highest BCUT2D eigenvalue weighted by Gasteiger charge is 2.55. The molecule has 3 rings (SSSR count). The lowest BCUT2D eigenvalue weighted by molar-refractivity contribution is -0.200. The van der Waals surface area contributed by atoms with Crippen LogP contribution in [0.25, 0.3) is 0 Å². The van der Waals surface area contributed by atoms with E-state index in [0.717, 1.165) is 25.7 Å². The van der Waals surface area contributed by atoms with Crippen LogP contribution >= 0.6 is 0 Å². The van der Waals surface area contributed by atoms with E-state index >= 15 is 0 Å². The van der Waals surface area contributed by atoms with E-state index in [-0.39, 0.29) is 11.1 Å². The minimum Gasteiger partial charge on any atom is -0.406 e. The Kier molecular flexibility index (Phi) is 4.93. The van der Waals surface area contributed by atoms with Crippen LogP contribution in [0.4, 0.5) is 0 Å². The zero-order valence-electron chi connectivity index (χ0n) is 16.0. The summed E-state index contributed by atoms with van der Waals surface area (Å²) >= 11 is 0. The quantitative estimate of drug-likeness (QED) is 0.756. The van der Waals surface area contributed by atoms with E-state index < -0.39 is 32.4 Å². The van der Waals surface area contributed by atoms with E-state index in [0.29, 0.717) is 5.57 Å². The van der Waals surface area contributed by atoms with Crippen molar-refractivity contribution in [3.63, 3.8) is 0 Å². The number of hydrogen-bond acceptors (Lipinski definition) is 5. The van der Waals surface area contributed by atoms with Gasteiger partial charge in [0.2, 0.25) is 0 Å². The van der Waals surface area contributed by atoms with Crippen LogP contribution in [0.3, 0.4) is 0 Å². The molecule has 4 atom stereocenters. The minimum absolute atomic E-state index is 0.00175. The first kappa shape index (κ1) is 19.1. The average molecular weight is 366 g/mol. The predicted molar refractivity (Wildman–Crippen MR) is 97.3 cm³/mol. The van der Waals surface area contributed by atoms with E-state index in [2.05, 4.69) is 39.9 Å². The molecule has 1 saturated heterocycles. The molecule has 25 heavy (non-hydrogen) atoms. The van der Waals surface area contributed by atoms with Crippen molar-refractivity contribution in [3.8, 4) is 6.07 Å². The molecule has 2 aliphatic carbocycles. The summed E-state index contributed by atoms with van der Waals surface area (Å²) in [4.78, 5) is 0. The fourth-order valence-electron chi connectivity index (χ4n) is 3.73. The van der Waals surface area contributed by atoms with Gasteiger partial charge in [-0.25, -0.2) is 0 Å². The van der Waals surface area contributed by atoms with Crippen LogP contribution in [0.2, 0.25) is 18.1 Å². The Hall–Kier alpha value is -0.713. The maximum absolute atomic E-state index is 11.0. The monoisotopic (exact) mass is 365 g/mol. The molecule has 1 N–H and O–H groups in total. The molecule has 5 nitrogen and oxygen atoms in total. The fraction of sp³-hybridized carbons (Fsp3) is 0.842. The number of hydrogen-bond donors (Lipinski definition) is 1. The lowest BCUT2D eigenvalue weighted by Crippen LogP contribution is -2.54. The van der Waals surface area contributed by atoms with Crippen molar-refractivity contribution in [2.45, 2.75) is 101 Å². The maximum Gasteiger partial charge on any atom is 0.193 e. The molecule has 0 aromatic carbocycles. The summed E-state index contributed by atoms with van der Waals surface area (Å²) in [5.74, 6) is -0.586. The average Bonchev–Trinajstić information content (AvgIpc) is 2.87. The second kappa shape index (κ2) is 6.47. The molecule has 1 heterocycles. The zero-order valence-corrected chi connectivity index (χ0v) is 17.0. The third kappa shape index (κ3) is 3.45. The van der Waals surface area contributed by atoms with Crippen LogP contribution in [0.1, 0.15) is 52.9 Å². The molecule has 0 unspecified atom stereocenters. The molecule has 0 aromatic heterocycles. The van der Waals surface area contributed by atoms with Gasteiger partial charge >= 0.3 is 0 Å². The van der Waals surface area contributed by atoms with Gasteiger partial charge in [-0.2, -0.15) is 5.26 Å². The SMILES string of the molecule is CC(C)(C)[Si](C)(C)O[C@@H]1C(C#N)=C[C@H]2OC3(CCCCC3)O[C@H]2[C@@H]1O. The highest BCUT2D eigenvalue weighted by molar-refractivity contribution is 6.74. The number of rotatable bonds is 2. The molecule has 0 bridgehead atoms. The van der Waals surface area contributed by atoms with Gasteiger partial charge < -0.3 is 19.0 Å². The summed E-state index contributed by atoms with van der Waals surface area (Å²) in [6.45, 7) is 10.7. The Morgan fingerprint density at radius 1 is 1.24 bits per heavy atom. The first-order valence-electron chi connectivity index (χ1n) is 9.42. The van der Waals surface area contributed by atoms with Crippen LogP contribution in [-0.4, -0.2) is 43.6 Å². The topological polar surface area (TPSA) is 71.7 Å². The smallest absolute Gasteiger partial charge is 0.193 e. The van der Waals surface area contributed by atoms with Crippen molar-refractivity contribution in [1.82, 2.24) is 0 Å². The standard InChI is InChI=1S/C19H31NO4Si/c1-18(2,3)25(4,5)24-16-13(12-20)11-14-17(15(16)21)23-19(22-14)9-7-6-8-10-19/h11,14-17,21H,6-10H2,1-5H3/t14-,15-,16-,17-/m1/s1. The molecule has 140 valence electrons. The van der Waals surface area contributed by atoms with Crippen LogP contribution in [0.15, 0.2) is 11.6 Å². The highest BCUT2D eigenvalue weighted by atomic mass is 28.4. The van der Waals surface area contributed by atoms with E-state index in [9.17, 15) is 10.4 Å². The van der Waals surface area contributed by atoms with Crippen molar-refractivity contribution in [1.29, 1.82) is 5.26 Å². The molecular formula is C19H31NO4Si. The molecule has 1 saturated carbocycles. The summed E-state index contributed by atoms with van der Waals surface area (Å²) < 4.78 is 18.8. The molecule has 3 aliphatic rings. The summed E-state index contributed by atoms with van der Waals surface area (Å²) in [6, 6.07) is 2.23. The van der Waals surface area contributed by atoms with Crippen LogP contribution < -0.4 is 0 Å². The third-order valence-electron chi connectivity index (χ3n) is 6.29. The second-order valence-electron chi connectivity index (χ2n) is 9.16. The van der Waals surface area contributed by atoms with Crippen molar-refractivity contribution < 1.29 is 19.0 Å². The number of fused-ring (bicyclic) bond motifs is 1. The second-order valence-corrected chi connectivity index (χ2v) is 13.9. The van der Waals surface area contributed by atoms with E-state index in [1.165, 1.54) is 6.42 Å². The summed E-state index contributed by atoms with van der Waals surface area (Å²) in [5.41, 5.74) is 0.468. The van der Waals surface area contributed by atoms with Crippen molar-refractivity contribution >= 4 is 8.32 Å². The van der Waals surface area contributed by atoms with E-state index in [4.69, 9.17) is 13.9 Å². The Balaban J connectivity index is 1.84. The molecule has 0 radical (unpaired) electrons. The normalized spacial score (nSPS) is 35.2. The van der Waals surface area contributed by atoms with E-state index in [1.807, 2.05) is 6.08 Å². The molecule has 0 amide bonds. The number of ether oxygens (including phenoxy) is 2. The number of nitrogens with zero attached hydrogens (tertiary/aromatic N) is 1. The van der Waals surface area contributed by atoms with Crippen LogP contribution in [0.5, 0.6) is 0 Å². The van der Waals surface area contributed by atoms with Crippen LogP contribution in [0, 0.1) is 11.3 Å². The Bertz CT molecular complexity index is 583. The third-order valence-corrected chi connectivity index (χ3v) is 10.8. The lowest BCUT2D eigenvalue weighted by Gasteiger charge is -2.42. The highest BCUT2D eigenvalue weighted by Crippen LogP contribution is 2.46. The molecular weight excluding hydrogens is 334 g/mol. The lowest BCUT2D eigenvalue weighted by atomic mass is 9.90. The number of aliphatic hydroxyl groups is 1. The maximum atomic E-state index is 11.0. The molecule has 1 spiro atoms. The van der Waals surface area contributed by atoms with E-state index in [1.54, 1.807) is 0 Å². The van der Waals surface area contributed by atoms with Gasteiger partial charge in [0, 0.05) is 12.8 Å². The van der Waals surface area contributed by atoms with Gasteiger partial charge in [-0.1, -0.05) is 27.2 Å². The fourth-order valence-corrected chi connectivity index (χ4v) is 4.99. The molecule has 0 aromatic rings. The summed E-state index contributed by atoms with van der Waals surface area (Å²) in [5, 5.41) is 20.6. The van der Waals surface area contributed by atoms with Gasteiger partial charge in [0.1, 0.15) is 24.4 Å². The largest absolute Gasteiger partial charge is 0.406 e. The predicted octanol–water partition coefficient (Wildman–Crippen LogP) is 3.65. The minimum atomic E-state index is -2.13. The number of nitriles is 1. The summed E-state index contributed by atoms with van der Waals surface area (Å²) in [7, 11) is -2.13. The first-order chi connectivity index (χ1) is 11.6. The Labute approximate surface area is 152 Å². The summed E-state index contributed by atoms with van der Waals surface area (Å²) in [6.07, 6.45) is 4.57. The molecule has 2 fully saturated rings. The van der Waals surface area contributed by atoms with Crippen molar-refractivity contribution in [3.05, 3.63) is 11.6 Å². The van der Waals surface area contributed by atoms with Crippen molar-refractivity contribution in [2.75, 3.05) is 0 Å². The van der Waals surface area contributed by atoms with Gasteiger partial charge in [0.15, 0.2) is 14.1 Å². The van der Waals surface area contributed by atoms with Gasteiger partial charge in [-0.05, 0) is 37.0 Å². The van der Waals surface area contributed by atoms with Crippen LogP contribution in [-0.2, 0) is 13.9 Å².